The van der Waals surface area contributed by atoms with Gasteiger partial charge in [0.2, 0.25) is 0 Å². The average Bonchev–Trinajstić information content (AvgIpc) is 2.47. The van der Waals surface area contributed by atoms with Crippen molar-refractivity contribution in [2.24, 2.45) is 23.7 Å². The molecule has 3 heteroatoms. The maximum absolute atomic E-state index is 10.0. The van der Waals surface area contributed by atoms with E-state index in [-0.39, 0.29) is 0 Å². The second-order valence-electron chi connectivity index (χ2n) is 7.33. The van der Waals surface area contributed by atoms with Crippen molar-refractivity contribution in [3.8, 4) is 11.5 Å². The van der Waals surface area contributed by atoms with Crippen molar-refractivity contribution in [3.05, 3.63) is 23.8 Å². The summed E-state index contributed by atoms with van der Waals surface area (Å²) in [4.78, 5) is 0. The zero-order valence-electron chi connectivity index (χ0n) is 12.7. The maximum atomic E-state index is 10.0. The Morgan fingerprint density at radius 1 is 1.10 bits per heavy atom. The minimum atomic E-state index is 0.368. The molecule has 0 unspecified atom stereocenters. The van der Waals surface area contributed by atoms with Crippen molar-refractivity contribution < 1.29 is 9.84 Å². The molecule has 0 aromatic heterocycles. The fourth-order valence-corrected chi connectivity index (χ4v) is 5.32. The Morgan fingerprint density at radius 2 is 1.76 bits per heavy atom. The van der Waals surface area contributed by atoms with Gasteiger partial charge in [0.05, 0.1) is 7.11 Å². The number of phenolic OH excluding ortho intramolecular Hbond substituents is 1. The van der Waals surface area contributed by atoms with E-state index in [0.29, 0.717) is 11.8 Å². The van der Waals surface area contributed by atoms with E-state index < -0.39 is 0 Å². The Labute approximate surface area is 126 Å². The van der Waals surface area contributed by atoms with Crippen LogP contribution in [0.15, 0.2) is 18.2 Å². The van der Waals surface area contributed by atoms with Gasteiger partial charge in [0.15, 0.2) is 0 Å². The second kappa shape index (κ2) is 5.20. The molecule has 1 aromatic rings. The van der Waals surface area contributed by atoms with E-state index in [4.69, 9.17) is 4.74 Å². The van der Waals surface area contributed by atoms with Gasteiger partial charge < -0.3 is 15.2 Å². The first-order chi connectivity index (χ1) is 10.2. The minimum Gasteiger partial charge on any atom is -0.508 e. The van der Waals surface area contributed by atoms with Gasteiger partial charge >= 0.3 is 0 Å². The molecule has 0 amide bonds. The Bertz CT molecular complexity index is 500. The van der Waals surface area contributed by atoms with Gasteiger partial charge in [-0.05, 0) is 74.0 Å². The first kappa shape index (κ1) is 13.4. The smallest absolute Gasteiger partial charge is 0.120 e. The van der Waals surface area contributed by atoms with Crippen LogP contribution < -0.4 is 10.1 Å². The van der Waals surface area contributed by atoms with Crippen molar-refractivity contribution in [2.45, 2.75) is 44.7 Å². The Kier molecular flexibility index (Phi) is 3.33. The first-order valence-electron chi connectivity index (χ1n) is 8.32. The third-order valence-corrected chi connectivity index (χ3v) is 6.04. The predicted octanol–water partition coefficient (Wildman–Crippen LogP) is 3.32. The molecule has 21 heavy (non-hydrogen) atoms. The highest BCUT2D eigenvalue weighted by Gasteiger charge is 2.47. The van der Waals surface area contributed by atoms with Gasteiger partial charge in [-0.25, -0.2) is 0 Å². The summed E-state index contributed by atoms with van der Waals surface area (Å²) in [5.74, 6) is 4.94. The number of methoxy groups -OCH3 is 1. The summed E-state index contributed by atoms with van der Waals surface area (Å²) in [6.45, 7) is 0.746. The normalized spacial score (nSPS) is 36.9. The zero-order valence-corrected chi connectivity index (χ0v) is 12.7. The molecule has 114 valence electrons. The number of hydrogen-bond acceptors (Lipinski definition) is 3. The van der Waals surface area contributed by atoms with Crippen molar-refractivity contribution in [1.29, 1.82) is 0 Å². The highest BCUT2D eigenvalue weighted by Crippen LogP contribution is 2.53. The Morgan fingerprint density at radius 3 is 2.38 bits per heavy atom. The van der Waals surface area contributed by atoms with Crippen molar-refractivity contribution >= 4 is 0 Å². The Balaban J connectivity index is 1.45. The maximum Gasteiger partial charge on any atom is 0.120 e. The van der Waals surface area contributed by atoms with E-state index >= 15 is 0 Å². The average molecular weight is 287 g/mol. The molecule has 4 saturated carbocycles. The lowest BCUT2D eigenvalue weighted by molar-refractivity contribution is -0.0143. The number of rotatable bonds is 4. The van der Waals surface area contributed by atoms with Crippen LogP contribution in [0.4, 0.5) is 0 Å². The monoisotopic (exact) mass is 287 g/mol. The van der Waals surface area contributed by atoms with Gasteiger partial charge in [0, 0.05) is 18.2 Å². The van der Waals surface area contributed by atoms with Crippen molar-refractivity contribution in [1.82, 2.24) is 5.32 Å². The molecule has 3 nitrogen and oxygen atoms in total. The third-order valence-electron chi connectivity index (χ3n) is 6.04. The third kappa shape index (κ3) is 2.42. The lowest BCUT2D eigenvalue weighted by Gasteiger charge is -2.54. The van der Waals surface area contributed by atoms with Crippen LogP contribution in [0.5, 0.6) is 11.5 Å². The number of benzene rings is 1. The fourth-order valence-electron chi connectivity index (χ4n) is 5.32. The second-order valence-corrected chi connectivity index (χ2v) is 7.33. The molecule has 0 aliphatic heterocycles. The van der Waals surface area contributed by atoms with Crippen LogP contribution >= 0.6 is 0 Å². The molecule has 4 aliphatic rings. The summed E-state index contributed by atoms with van der Waals surface area (Å²) >= 11 is 0. The summed E-state index contributed by atoms with van der Waals surface area (Å²) in [6.07, 6.45) is 7.20. The van der Waals surface area contributed by atoms with Crippen molar-refractivity contribution in [3.63, 3.8) is 0 Å². The lowest BCUT2D eigenvalue weighted by atomic mass is 9.54. The number of ether oxygens (including phenoxy) is 1. The largest absolute Gasteiger partial charge is 0.508 e. The van der Waals surface area contributed by atoms with Crippen molar-refractivity contribution in [2.75, 3.05) is 7.11 Å². The van der Waals surface area contributed by atoms with E-state index in [1.165, 1.54) is 32.1 Å². The lowest BCUT2D eigenvalue weighted by Crippen LogP contribution is -2.54. The number of hydrogen-bond donors (Lipinski definition) is 2. The molecule has 0 radical (unpaired) electrons. The Hall–Kier alpha value is -1.22. The summed E-state index contributed by atoms with van der Waals surface area (Å²) < 4.78 is 5.26. The summed E-state index contributed by atoms with van der Waals surface area (Å²) in [5.41, 5.74) is 0.947. The van der Waals surface area contributed by atoms with Crippen LogP contribution in [0.2, 0.25) is 0 Å². The molecule has 4 bridgehead atoms. The van der Waals surface area contributed by atoms with Crippen LogP contribution in [0.3, 0.4) is 0 Å². The minimum absolute atomic E-state index is 0.368. The van der Waals surface area contributed by atoms with Crippen LogP contribution in [0.25, 0.3) is 0 Å². The molecule has 2 N–H and O–H groups in total. The van der Waals surface area contributed by atoms with E-state index in [1.807, 2.05) is 12.1 Å². The molecular formula is C18H25NO2. The molecule has 0 heterocycles. The van der Waals surface area contributed by atoms with Gasteiger partial charge in [-0.15, -0.1) is 0 Å². The standard InChI is InChI=1S/C18H25NO2/c1-21-16-2-3-17(20)15(9-16)10-19-18-13-5-11-4-12(7-13)8-14(18)6-11/h2-3,9,11-14,18-20H,4-8,10H2,1H3. The van der Waals surface area contributed by atoms with Crippen LogP contribution in [0, 0.1) is 23.7 Å². The van der Waals surface area contributed by atoms with Gasteiger partial charge in [0.25, 0.3) is 0 Å². The summed E-state index contributed by atoms with van der Waals surface area (Å²) in [6, 6.07) is 6.13. The molecule has 1 aromatic carbocycles. The summed E-state index contributed by atoms with van der Waals surface area (Å²) in [5, 5.41) is 13.8. The quantitative estimate of drug-likeness (QED) is 0.892. The number of aromatic hydroxyl groups is 1. The van der Waals surface area contributed by atoms with Gasteiger partial charge in [-0.3, -0.25) is 0 Å². The van der Waals surface area contributed by atoms with E-state index in [9.17, 15) is 5.11 Å². The molecule has 0 spiro atoms. The highest BCUT2D eigenvalue weighted by molar-refractivity contribution is 5.39. The van der Waals surface area contributed by atoms with Gasteiger partial charge in [0.1, 0.15) is 11.5 Å². The topological polar surface area (TPSA) is 41.5 Å². The van der Waals surface area contributed by atoms with E-state index in [1.54, 1.807) is 13.2 Å². The molecule has 5 rings (SSSR count). The molecular weight excluding hydrogens is 262 g/mol. The first-order valence-corrected chi connectivity index (χ1v) is 8.32. The van der Waals surface area contributed by atoms with Gasteiger partial charge in [-0.2, -0.15) is 0 Å². The predicted molar refractivity (Wildman–Crippen MR) is 82.3 cm³/mol. The number of phenols is 1. The number of nitrogens with one attached hydrogen (secondary N) is 1. The van der Waals surface area contributed by atoms with Crippen LogP contribution in [-0.4, -0.2) is 18.3 Å². The SMILES string of the molecule is COc1ccc(O)c(CNC2C3CC4CC(C3)CC2C4)c1. The molecule has 0 atom stereocenters. The fraction of sp³-hybridized carbons (Fsp3) is 0.667. The molecule has 0 saturated heterocycles. The molecule has 4 fully saturated rings. The van der Waals surface area contributed by atoms with E-state index in [0.717, 1.165) is 41.5 Å². The highest BCUT2D eigenvalue weighted by atomic mass is 16.5. The van der Waals surface area contributed by atoms with Gasteiger partial charge in [-0.1, -0.05) is 0 Å². The van der Waals surface area contributed by atoms with Crippen LogP contribution in [0.1, 0.15) is 37.7 Å². The zero-order chi connectivity index (χ0) is 14.4. The van der Waals surface area contributed by atoms with E-state index in [2.05, 4.69) is 5.32 Å². The van der Waals surface area contributed by atoms with Crippen LogP contribution in [-0.2, 0) is 6.54 Å². The summed E-state index contributed by atoms with van der Waals surface area (Å²) in [7, 11) is 1.67. The molecule has 4 aliphatic carbocycles.